The van der Waals surface area contributed by atoms with Gasteiger partial charge in [0.15, 0.2) is 0 Å². The molecule has 0 amide bonds. The summed E-state index contributed by atoms with van der Waals surface area (Å²) in [4.78, 5) is 0.321. The van der Waals surface area contributed by atoms with Gasteiger partial charge in [-0.05, 0) is 20.3 Å². The van der Waals surface area contributed by atoms with Crippen LogP contribution in [0.2, 0.25) is 0 Å². The van der Waals surface area contributed by atoms with Gasteiger partial charge in [-0.25, -0.2) is 8.42 Å². The highest BCUT2D eigenvalue weighted by atomic mass is 35.5. The lowest BCUT2D eigenvalue weighted by Gasteiger charge is -2.20. The van der Waals surface area contributed by atoms with Crippen LogP contribution in [0, 0.1) is 13.8 Å². The van der Waals surface area contributed by atoms with Crippen LogP contribution >= 0.6 is 11.6 Å². The molecule has 0 saturated carbocycles. The second-order valence-corrected chi connectivity index (χ2v) is 6.42. The highest BCUT2D eigenvalue weighted by molar-refractivity contribution is 7.89. The zero-order valence-electron chi connectivity index (χ0n) is 11.3. The van der Waals surface area contributed by atoms with Crippen LogP contribution in [0.4, 0.5) is 0 Å². The third-order valence-electron chi connectivity index (χ3n) is 2.93. The first kappa shape index (κ1) is 15.5. The molecular formula is C11H20ClN3O2S. The molecule has 5 nitrogen and oxygen atoms in total. The summed E-state index contributed by atoms with van der Waals surface area (Å²) in [6.07, 6.45) is 0.646. The Hall–Kier alpha value is -0.590. The van der Waals surface area contributed by atoms with E-state index in [2.05, 4.69) is 5.10 Å². The van der Waals surface area contributed by atoms with Crippen molar-refractivity contribution in [3.63, 3.8) is 0 Å². The summed E-state index contributed by atoms with van der Waals surface area (Å²) in [5.74, 6) is 0.455. The van der Waals surface area contributed by atoms with Crippen molar-refractivity contribution in [3.8, 4) is 0 Å². The molecule has 7 heteroatoms. The molecule has 0 unspecified atom stereocenters. The topological polar surface area (TPSA) is 55.2 Å². The summed E-state index contributed by atoms with van der Waals surface area (Å²) in [5, 5.41) is 4.16. The largest absolute Gasteiger partial charge is 0.271 e. The van der Waals surface area contributed by atoms with Crippen LogP contribution in [0.15, 0.2) is 4.90 Å². The first-order chi connectivity index (χ1) is 8.36. The van der Waals surface area contributed by atoms with Gasteiger partial charge in [0.05, 0.1) is 11.4 Å². The van der Waals surface area contributed by atoms with Crippen molar-refractivity contribution in [2.24, 2.45) is 7.05 Å². The molecule has 0 aliphatic rings. The van der Waals surface area contributed by atoms with Gasteiger partial charge in [-0.15, -0.1) is 11.6 Å². The van der Waals surface area contributed by atoms with Gasteiger partial charge in [-0.3, -0.25) is 4.68 Å². The van der Waals surface area contributed by atoms with Gasteiger partial charge in [-0.2, -0.15) is 9.40 Å². The fraction of sp³-hybridized carbons (Fsp3) is 0.727. The lowest BCUT2D eigenvalue weighted by atomic mass is 10.4. The first-order valence-corrected chi connectivity index (χ1v) is 7.90. The molecule has 0 aliphatic heterocycles. The molecule has 0 N–H and O–H groups in total. The fourth-order valence-electron chi connectivity index (χ4n) is 1.94. The lowest BCUT2D eigenvalue weighted by molar-refractivity contribution is 0.427. The number of nitrogens with zero attached hydrogens (tertiary/aromatic N) is 3. The number of aromatic nitrogens is 2. The van der Waals surface area contributed by atoms with Crippen molar-refractivity contribution in [2.45, 2.75) is 32.1 Å². The molecule has 0 aromatic carbocycles. The van der Waals surface area contributed by atoms with Gasteiger partial charge >= 0.3 is 0 Å². The van der Waals surface area contributed by atoms with Crippen LogP contribution in [0.3, 0.4) is 0 Å². The van der Waals surface area contributed by atoms with Crippen molar-refractivity contribution < 1.29 is 8.42 Å². The second kappa shape index (κ2) is 6.04. The maximum absolute atomic E-state index is 12.6. The Bertz CT molecular complexity index is 511. The molecule has 0 aliphatic carbocycles. The Morgan fingerprint density at radius 1 is 1.39 bits per heavy atom. The van der Waals surface area contributed by atoms with E-state index in [1.807, 2.05) is 6.92 Å². The van der Waals surface area contributed by atoms with Crippen LogP contribution in [-0.4, -0.2) is 41.5 Å². The molecule has 0 saturated heterocycles. The Kier molecular flexibility index (Phi) is 5.19. The second-order valence-electron chi connectivity index (χ2n) is 4.16. The Morgan fingerprint density at radius 3 is 2.39 bits per heavy atom. The standard InChI is InChI=1S/C11H20ClN3O2S/c1-5-15(8-6-7-12)18(16,17)11-9(2)13-14(4)10(11)3/h5-8H2,1-4H3. The number of rotatable bonds is 6. The van der Waals surface area contributed by atoms with Crippen LogP contribution < -0.4 is 0 Å². The minimum atomic E-state index is -3.47. The number of sulfonamides is 1. The summed E-state index contributed by atoms with van der Waals surface area (Å²) in [6, 6.07) is 0. The number of aryl methyl sites for hydroxylation is 2. The van der Waals surface area contributed by atoms with Crippen molar-refractivity contribution in [1.29, 1.82) is 0 Å². The summed E-state index contributed by atoms with van der Waals surface area (Å²) in [5.41, 5.74) is 1.20. The molecule has 1 aromatic rings. The van der Waals surface area contributed by atoms with Gasteiger partial charge in [0.2, 0.25) is 10.0 Å². The number of alkyl halides is 1. The fourth-order valence-corrected chi connectivity index (χ4v) is 3.95. The molecule has 0 atom stereocenters. The van der Waals surface area contributed by atoms with Gasteiger partial charge in [0.1, 0.15) is 4.90 Å². The van der Waals surface area contributed by atoms with Crippen molar-refractivity contribution in [2.75, 3.05) is 19.0 Å². The minimum Gasteiger partial charge on any atom is -0.271 e. The normalized spacial score (nSPS) is 12.3. The van der Waals surface area contributed by atoms with E-state index in [0.717, 1.165) is 0 Å². The molecule has 1 rings (SSSR count). The predicted molar refractivity (Wildman–Crippen MR) is 72.5 cm³/mol. The summed E-state index contributed by atoms with van der Waals surface area (Å²) in [7, 11) is -1.73. The van der Waals surface area contributed by atoms with E-state index in [0.29, 0.717) is 41.7 Å². The monoisotopic (exact) mass is 293 g/mol. The molecule has 0 fully saturated rings. The SMILES string of the molecule is CCN(CCCCl)S(=O)(=O)c1c(C)nn(C)c1C. The lowest BCUT2D eigenvalue weighted by Crippen LogP contribution is -2.32. The maximum atomic E-state index is 12.6. The molecule has 104 valence electrons. The average molecular weight is 294 g/mol. The van der Waals surface area contributed by atoms with Crippen molar-refractivity contribution >= 4 is 21.6 Å². The first-order valence-electron chi connectivity index (χ1n) is 5.92. The third-order valence-corrected chi connectivity index (χ3v) is 5.43. The molecule has 0 spiro atoms. The van der Waals surface area contributed by atoms with Crippen LogP contribution in [-0.2, 0) is 17.1 Å². The average Bonchev–Trinajstić information content (AvgIpc) is 2.54. The van der Waals surface area contributed by atoms with E-state index in [4.69, 9.17) is 11.6 Å². The van der Waals surface area contributed by atoms with E-state index < -0.39 is 10.0 Å². The molecule has 1 aromatic heterocycles. The van der Waals surface area contributed by atoms with E-state index in [1.165, 1.54) is 4.31 Å². The zero-order chi connectivity index (χ0) is 13.9. The third kappa shape index (κ3) is 2.87. The quantitative estimate of drug-likeness (QED) is 0.750. The van der Waals surface area contributed by atoms with Crippen molar-refractivity contribution in [3.05, 3.63) is 11.4 Å². The van der Waals surface area contributed by atoms with Gasteiger partial charge in [0, 0.05) is 26.0 Å². The smallest absolute Gasteiger partial charge is 0.246 e. The van der Waals surface area contributed by atoms with Crippen LogP contribution in [0.5, 0.6) is 0 Å². The molecular weight excluding hydrogens is 274 g/mol. The van der Waals surface area contributed by atoms with Gasteiger partial charge < -0.3 is 0 Å². The maximum Gasteiger partial charge on any atom is 0.246 e. The van der Waals surface area contributed by atoms with Gasteiger partial charge in [-0.1, -0.05) is 6.92 Å². The molecule has 1 heterocycles. The van der Waals surface area contributed by atoms with Crippen LogP contribution in [0.25, 0.3) is 0 Å². The van der Waals surface area contributed by atoms with E-state index >= 15 is 0 Å². The zero-order valence-corrected chi connectivity index (χ0v) is 12.8. The predicted octanol–water partition coefficient (Wildman–Crippen LogP) is 1.68. The number of hydrogen-bond acceptors (Lipinski definition) is 3. The van der Waals surface area contributed by atoms with Crippen molar-refractivity contribution in [1.82, 2.24) is 14.1 Å². The molecule has 18 heavy (non-hydrogen) atoms. The summed E-state index contributed by atoms with van der Waals surface area (Å²) >= 11 is 5.63. The van der Waals surface area contributed by atoms with Gasteiger partial charge in [0.25, 0.3) is 0 Å². The summed E-state index contributed by atoms with van der Waals surface area (Å²) < 4.78 is 28.2. The van der Waals surface area contributed by atoms with E-state index in [-0.39, 0.29) is 0 Å². The Balaban J connectivity index is 3.19. The highest BCUT2D eigenvalue weighted by Gasteiger charge is 2.29. The molecule has 0 radical (unpaired) electrons. The van der Waals surface area contributed by atoms with Crippen LogP contribution in [0.1, 0.15) is 24.7 Å². The molecule has 0 bridgehead atoms. The minimum absolute atomic E-state index is 0.321. The number of hydrogen-bond donors (Lipinski definition) is 0. The Morgan fingerprint density at radius 2 is 2.00 bits per heavy atom. The highest BCUT2D eigenvalue weighted by Crippen LogP contribution is 2.22. The summed E-state index contributed by atoms with van der Waals surface area (Å²) in [6.45, 7) is 6.19. The Labute approximate surface area is 114 Å². The van der Waals surface area contributed by atoms with E-state index in [9.17, 15) is 8.42 Å². The van der Waals surface area contributed by atoms with E-state index in [1.54, 1.807) is 25.6 Å². The number of halogens is 1.